The van der Waals surface area contributed by atoms with Crippen molar-refractivity contribution in [2.24, 2.45) is 0 Å². The van der Waals surface area contributed by atoms with Crippen molar-refractivity contribution < 1.29 is 19.3 Å². The summed E-state index contributed by atoms with van der Waals surface area (Å²) < 4.78 is 18.4. The van der Waals surface area contributed by atoms with Crippen molar-refractivity contribution in [3.05, 3.63) is 42.5 Å². The average Bonchev–Trinajstić information content (AvgIpc) is 3.15. The van der Waals surface area contributed by atoms with E-state index in [1.165, 1.54) is 0 Å². The number of fused-ring (bicyclic) bond motifs is 1. The van der Waals surface area contributed by atoms with Gasteiger partial charge < -0.3 is 25.1 Å². The van der Waals surface area contributed by atoms with E-state index in [2.05, 4.69) is 4.98 Å². The van der Waals surface area contributed by atoms with Gasteiger partial charge in [0.2, 0.25) is 0 Å². The van der Waals surface area contributed by atoms with Crippen molar-refractivity contribution in [3.8, 4) is 17.0 Å². The molecule has 0 aliphatic carbocycles. The summed E-state index contributed by atoms with van der Waals surface area (Å²) in [4.78, 5) is 9.20. The number of methoxy groups -OCH3 is 1. The van der Waals surface area contributed by atoms with E-state index in [-0.39, 0.29) is 18.6 Å². The third-order valence-electron chi connectivity index (χ3n) is 5.23. The molecule has 154 valence electrons. The first-order valence-electron chi connectivity index (χ1n) is 9.78. The minimum absolute atomic E-state index is 0.0516. The molecule has 1 aliphatic rings. The monoisotopic (exact) mass is 398 g/mol. The summed E-state index contributed by atoms with van der Waals surface area (Å²) in [6.45, 7) is 1.62. The van der Waals surface area contributed by atoms with Crippen molar-refractivity contribution in [3.63, 3.8) is 0 Å². The van der Waals surface area contributed by atoms with Crippen LogP contribution >= 0.6 is 0 Å². The minimum Gasteiger partial charge on any atom is -0.491 e. The molecular weight excluding hydrogens is 372 g/mol. The lowest BCUT2D eigenvalue weighted by atomic mass is 9.98. The number of imidazole rings is 1. The highest BCUT2D eigenvalue weighted by Gasteiger charge is 2.27. The molecule has 1 saturated heterocycles. The lowest BCUT2D eigenvalue weighted by Crippen LogP contribution is -2.28. The van der Waals surface area contributed by atoms with Crippen LogP contribution in [0, 0.1) is 0 Å². The van der Waals surface area contributed by atoms with Gasteiger partial charge in [0, 0.05) is 31.0 Å². The predicted octanol–water partition coefficient (Wildman–Crippen LogP) is 2.26. The topological polar surface area (TPSA) is 104 Å². The van der Waals surface area contributed by atoms with Gasteiger partial charge in [0.1, 0.15) is 35.2 Å². The number of ether oxygens (including phenoxy) is 3. The molecule has 0 spiro atoms. The maximum Gasteiger partial charge on any atom is 0.150 e. The number of hydrogen-bond donors (Lipinski definition) is 2. The van der Waals surface area contributed by atoms with Crippen LogP contribution in [-0.2, 0) is 9.47 Å². The molecule has 2 unspecified atom stereocenters. The van der Waals surface area contributed by atoms with Gasteiger partial charge in [0.25, 0.3) is 0 Å². The second-order valence-corrected chi connectivity index (χ2v) is 7.13. The highest BCUT2D eigenvalue weighted by atomic mass is 16.5. The molecule has 4 rings (SSSR count). The predicted molar refractivity (Wildman–Crippen MR) is 109 cm³/mol. The Bertz CT molecular complexity index is 949. The number of aliphatic hydroxyl groups is 1. The Morgan fingerprint density at radius 2 is 2.07 bits per heavy atom. The number of benzene rings is 1. The number of aliphatic hydroxyl groups excluding tert-OH is 1. The summed E-state index contributed by atoms with van der Waals surface area (Å²) in [5.74, 6) is 2.25. The molecule has 8 nitrogen and oxygen atoms in total. The van der Waals surface area contributed by atoms with E-state index in [1.54, 1.807) is 13.3 Å². The minimum atomic E-state index is -0.0886. The molecule has 0 radical (unpaired) electrons. The lowest BCUT2D eigenvalue weighted by Gasteiger charge is -2.27. The van der Waals surface area contributed by atoms with E-state index < -0.39 is 0 Å². The molecular formula is C21H26N4O4. The molecule has 3 heterocycles. The van der Waals surface area contributed by atoms with Gasteiger partial charge >= 0.3 is 0 Å². The van der Waals surface area contributed by atoms with Crippen LogP contribution in [0.25, 0.3) is 16.8 Å². The van der Waals surface area contributed by atoms with Gasteiger partial charge in [-0.3, -0.25) is 4.40 Å². The second-order valence-electron chi connectivity index (χ2n) is 7.13. The number of anilines is 1. The van der Waals surface area contributed by atoms with Crippen molar-refractivity contribution in [2.75, 3.05) is 39.3 Å². The van der Waals surface area contributed by atoms with Crippen LogP contribution in [0.3, 0.4) is 0 Å². The Morgan fingerprint density at radius 1 is 1.24 bits per heavy atom. The highest BCUT2D eigenvalue weighted by Crippen LogP contribution is 2.34. The van der Waals surface area contributed by atoms with E-state index in [9.17, 15) is 5.11 Å². The van der Waals surface area contributed by atoms with Crippen LogP contribution in [0.15, 0.2) is 36.7 Å². The van der Waals surface area contributed by atoms with Crippen LogP contribution in [0.5, 0.6) is 5.75 Å². The Hall–Kier alpha value is -2.68. The SMILES string of the molecule is COCCOc1ccc(-c2nc(C3CCC(CO)OC3)n3ccnc(N)c23)cc1. The van der Waals surface area contributed by atoms with Crippen molar-refractivity contribution in [1.29, 1.82) is 0 Å². The summed E-state index contributed by atoms with van der Waals surface area (Å²) in [6.07, 6.45) is 5.19. The van der Waals surface area contributed by atoms with Crippen LogP contribution in [-0.4, -0.2) is 59.1 Å². The van der Waals surface area contributed by atoms with Crippen molar-refractivity contribution in [1.82, 2.24) is 14.4 Å². The molecule has 2 aromatic heterocycles. The first-order chi connectivity index (χ1) is 14.2. The molecule has 0 amide bonds. The fraction of sp³-hybridized carbons (Fsp3) is 0.429. The Labute approximate surface area is 169 Å². The van der Waals surface area contributed by atoms with Crippen LogP contribution in [0.4, 0.5) is 5.82 Å². The number of nitrogens with zero attached hydrogens (tertiary/aromatic N) is 3. The van der Waals surface area contributed by atoms with E-state index in [0.717, 1.165) is 41.2 Å². The summed E-state index contributed by atoms with van der Waals surface area (Å²) in [5, 5.41) is 9.31. The molecule has 1 fully saturated rings. The van der Waals surface area contributed by atoms with Crippen LogP contribution in [0.1, 0.15) is 24.6 Å². The number of nitrogens with two attached hydrogens (primary N) is 1. The molecule has 1 aliphatic heterocycles. The first-order valence-corrected chi connectivity index (χ1v) is 9.78. The second kappa shape index (κ2) is 8.77. The zero-order valence-corrected chi connectivity index (χ0v) is 16.5. The fourth-order valence-electron chi connectivity index (χ4n) is 3.68. The van der Waals surface area contributed by atoms with Gasteiger partial charge in [0.15, 0.2) is 0 Å². The standard InChI is InChI=1S/C21H26N4O4/c1-27-10-11-28-16-5-2-14(3-6-16)18-19-20(22)23-8-9-25(19)21(24-18)15-4-7-17(12-26)29-13-15/h2-3,5-6,8-9,15,17,26H,4,7,10-13H2,1H3,(H2,22,23). The van der Waals surface area contributed by atoms with Crippen molar-refractivity contribution >= 4 is 11.3 Å². The number of nitrogen functional groups attached to an aromatic ring is 1. The Kier molecular flexibility index (Phi) is 5.94. The largest absolute Gasteiger partial charge is 0.491 e. The molecule has 2 atom stereocenters. The van der Waals surface area contributed by atoms with Gasteiger partial charge in [-0.15, -0.1) is 0 Å². The summed E-state index contributed by atoms with van der Waals surface area (Å²) in [5.41, 5.74) is 8.74. The van der Waals surface area contributed by atoms with Gasteiger partial charge in [-0.05, 0) is 37.1 Å². The van der Waals surface area contributed by atoms with E-state index in [0.29, 0.717) is 25.6 Å². The van der Waals surface area contributed by atoms with Crippen molar-refractivity contribution in [2.45, 2.75) is 24.9 Å². The smallest absolute Gasteiger partial charge is 0.150 e. The molecule has 0 saturated carbocycles. The number of hydrogen-bond acceptors (Lipinski definition) is 7. The third-order valence-corrected chi connectivity index (χ3v) is 5.23. The summed E-state index contributed by atoms with van der Waals surface area (Å²) >= 11 is 0. The molecule has 8 heteroatoms. The quantitative estimate of drug-likeness (QED) is 0.588. The maximum absolute atomic E-state index is 9.31. The van der Waals surface area contributed by atoms with E-state index >= 15 is 0 Å². The zero-order chi connectivity index (χ0) is 20.2. The van der Waals surface area contributed by atoms with Crippen LogP contribution < -0.4 is 10.5 Å². The molecule has 1 aromatic carbocycles. The molecule has 29 heavy (non-hydrogen) atoms. The Balaban J connectivity index is 1.66. The maximum atomic E-state index is 9.31. The molecule has 3 aromatic rings. The van der Waals surface area contributed by atoms with Gasteiger partial charge in [-0.25, -0.2) is 9.97 Å². The number of rotatable bonds is 7. The molecule has 3 N–H and O–H groups in total. The first kappa shape index (κ1) is 19.6. The summed E-state index contributed by atoms with van der Waals surface area (Å²) in [7, 11) is 1.65. The van der Waals surface area contributed by atoms with Gasteiger partial charge in [0.05, 0.1) is 25.9 Å². The average molecular weight is 398 g/mol. The normalized spacial score (nSPS) is 19.5. The third kappa shape index (κ3) is 4.05. The zero-order valence-electron chi connectivity index (χ0n) is 16.5. The Morgan fingerprint density at radius 3 is 2.76 bits per heavy atom. The number of aromatic nitrogens is 3. The van der Waals surface area contributed by atoms with E-state index in [1.807, 2.05) is 34.9 Å². The van der Waals surface area contributed by atoms with Gasteiger partial charge in [-0.2, -0.15) is 0 Å². The van der Waals surface area contributed by atoms with Crippen LogP contribution in [0.2, 0.25) is 0 Å². The fourth-order valence-corrected chi connectivity index (χ4v) is 3.68. The van der Waals surface area contributed by atoms with E-state index in [4.69, 9.17) is 24.9 Å². The molecule has 0 bridgehead atoms. The lowest BCUT2D eigenvalue weighted by molar-refractivity contribution is -0.0282. The van der Waals surface area contributed by atoms with Gasteiger partial charge in [-0.1, -0.05) is 0 Å². The summed E-state index contributed by atoms with van der Waals surface area (Å²) in [6, 6.07) is 7.77. The highest BCUT2D eigenvalue weighted by molar-refractivity contribution is 5.85.